The number of amides is 1. The summed E-state index contributed by atoms with van der Waals surface area (Å²) in [5, 5.41) is 3.39. The maximum atomic E-state index is 12.6. The molecule has 0 aliphatic heterocycles. The zero-order valence-electron chi connectivity index (χ0n) is 15.2. The molecule has 0 saturated carbocycles. The highest BCUT2D eigenvalue weighted by Gasteiger charge is 2.15. The molecule has 4 aromatic rings. The normalized spacial score (nSPS) is 11.0. The van der Waals surface area contributed by atoms with Gasteiger partial charge in [0.2, 0.25) is 5.89 Å². The lowest BCUT2D eigenvalue weighted by Gasteiger charge is -2.08. The predicted octanol–water partition coefficient (Wildman–Crippen LogP) is 6.78. The SMILES string of the molecule is Cc1cc2nc(-c3cc(NC(=O)c4ccccc4Br)ccc3Cl)oc2cc1C. The third-order valence-corrected chi connectivity index (χ3v) is 5.60. The monoisotopic (exact) mass is 454 g/mol. The number of aromatic nitrogens is 1. The molecule has 0 aliphatic carbocycles. The molecule has 4 nitrogen and oxygen atoms in total. The molecule has 28 heavy (non-hydrogen) atoms. The van der Waals surface area contributed by atoms with Gasteiger partial charge in [-0.1, -0.05) is 23.7 Å². The Labute approximate surface area is 175 Å². The molecule has 6 heteroatoms. The third-order valence-electron chi connectivity index (χ3n) is 4.58. The highest BCUT2D eigenvalue weighted by Crippen LogP contribution is 2.33. The maximum Gasteiger partial charge on any atom is 0.256 e. The molecule has 0 bridgehead atoms. The molecule has 140 valence electrons. The molecular formula is C22H16BrClN2O2. The molecule has 3 aromatic carbocycles. The van der Waals surface area contributed by atoms with Crippen molar-refractivity contribution < 1.29 is 9.21 Å². The number of nitrogens with zero attached hydrogens (tertiary/aromatic N) is 1. The van der Waals surface area contributed by atoms with E-state index in [1.54, 1.807) is 24.3 Å². The van der Waals surface area contributed by atoms with E-state index in [9.17, 15) is 4.79 Å². The number of fused-ring (bicyclic) bond motifs is 1. The Morgan fingerprint density at radius 1 is 1.07 bits per heavy atom. The minimum atomic E-state index is -0.218. The Hall–Kier alpha value is -2.63. The van der Waals surface area contributed by atoms with E-state index in [0.717, 1.165) is 21.1 Å². The lowest BCUT2D eigenvalue weighted by molar-refractivity contribution is 0.102. The number of hydrogen-bond acceptors (Lipinski definition) is 3. The molecule has 0 saturated heterocycles. The van der Waals surface area contributed by atoms with Crippen LogP contribution in [0.1, 0.15) is 21.5 Å². The Bertz CT molecular complexity index is 1180. The molecule has 4 rings (SSSR count). The fourth-order valence-electron chi connectivity index (χ4n) is 2.91. The lowest BCUT2D eigenvalue weighted by atomic mass is 10.1. The number of carbonyl (C=O) groups is 1. The molecule has 0 unspecified atom stereocenters. The average Bonchev–Trinajstić information content (AvgIpc) is 3.06. The first-order valence-electron chi connectivity index (χ1n) is 8.66. The minimum absolute atomic E-state index is 0.218. The van der Waals surface area contributed by atoms with Gasteiger partial charge in [-0.15, -0.1) is 0 Å². The van der Waals surface area contributed by atoms with Crippen LogP contribution in [0.4, 0.5) is 5.69 Å². The van der Waals surface area contributed by atoms with Crippen LogP contribution in [0.5, 0.6) is 0 Å². The van der Waals surface area contributed by atoms with Crippen molar-refractivity contribution in [3.05, 3.63) is 80.8 Å². The number of aryl methyl sites for hydroxylation is 2. The number of hydrogen-bond donors (Lipinski definition) is 1. The van der Waals surface area contributed by atoms with Crippen LogP contribution in [0.2, 0.25) is 5.02 Å². The number of rotatable bonds is 3. The molecule has 1 amide bonds. The van der Waals surface area contributed by atoms with Crippen molar-refractivity contribution in [1.82, 2.24) is 4.98 Å². The summed E-state index contributed by atoms with van der Waals surface area (Å²) in [5.41, 5.74) is 5.54. The summed E-state index contributed by atoms with van der Waals surface area (Å²) in [4.78, 5) is 17.1. The van der Waals surface area contributed by atoms with Crippen LogP contribution < -0.4 is 5.32 Å². The zero-order chi connectivity index (χ0) is 19.8. The fourth-order valence-corrected chi connectivity index (χ4v) is 3.57. The van der Waals surface area contributed by atoms with E-state index in [2.05, 4.69) is 26.2 Å². The lowest BCUT2D eigenvalue weighted by Crippen LogP contribution is -2.12. The third kappa shape index (κ3) is 3.55. The summed E-state index contributed by atoms with van der Waals surface area (Å²) < 4.78 is 6.65. The Morgan fingerprint density at radius 2 is 1.82 bits per heavy atom. The van der Waals surface area contributed by atoms with Gasteiger partial charge in [0.05, 0.1) is 16.1 Å². The summed E-state index contributed by atoms with van der Waals surface area (Å²) in [6, 6.07) is 16.4. The summed E-state index contributed by atoms with van der Waals surface area (Å²) in [7, 11) is 0. The molecule has 0 atom stereocenters. The van der Waals surface area contributed by atoms with Gasteiger partial charge >= 0.3 is 0 Å². The van der Waals surface area contributed by atoms with Crippen LogP contribution in [0.15, 0.2) is 63.5 Å². The topological polar surface area (TPSA) is 55.1 Å². The number of halogens is 2. The highest BCUT2D eigenvalue weighted by atomic mass is 79.9. The second kappa shape index (κ2) is 7.41. The van der Waals surface area contributed by atoms with Gasteiger partial charge in [-0.2, -0.15) is 0 Å². The zero-order valence-corrected chi connectivity index (χ0v) is 17.6. The van der Waals surface area contributed by atoms with Gasteiger partial charge in [-0.25, -0.2) is 4.98 Å². The summed E-state index contributed by atoms with van der Waals surface area (Å²) in [6.45, 7) is 4.07. The van der Waals surface area contributed by atoms with E-state index < -0.39 is 0 Å². The quantitative estimate of drug-likeness (QED) is 0.370. The molecule has 1 aromatic heterocycles. The average molecular weight is 456 g/mol. The number of oxazole rings is 1. The summed E-state index contributed by atoms with van der Waals surface area (Å²) in [6.07, 6.45) is 0. The van der Waals surface area contributed by atoms with Gasteiger partial charge in [0.15, 0.2) is 5.58 Å². The van der Waals surface area contributed by atoms with E-state index in [1.807, 2.05) is 44.2 Å². The first-order valence-corrected chi connectivity index (χ1v) is 9.83. The van der Waals surface area contributed by atoms with E-state index in [4.69, 9.17) is 16.0 Å². The Morgan fingerprint density at radius 3 is 2.61 bits per heavy atom. The molecular weight excluding hydrogens is 440 g/mol. The first-order chi connectivity index (χ1) is 13.4. The van der Waals surface area contributed by atoms with Gasteiger partial charge < -0.3 is 9.73 Å². The smallest absolute Gasteiger partial charge is 0.256 e. The molecule has 1 heterocycles. The van der Waals surface area contributed by atoms with Crippen molar-refractivity contribution in [3.63, 3.8) is 0 Å². The van der Waals surface area contributed by atoms with Crippen LogP contribution in [-0.2, 0) is 0 Å². The second-order valence-corrected chi connectivity index (χ2v) is 7.81. The van der Waals surface area contributed by atoms with Crippen molar-refractivity contribution in [2.45, 2.75) is 13.8 Å². The number of anilines is 1. The van der Waals surface area contributed by atoms with Gasteiger partial charge in [0, 0.05) is 10.2 Å². The van der Waals surface area contributed by atoms with Crippen LogP contribution in [0, 0.1) is 13.8 Å². The van der Waals surface area contributed by atoms with Gasteiger partial charge in [-0.05, 0) is 83.4 Å². The minimum Gasteiger partial charge on any atom is -0.436 e. The number of benzene rings is 3. The van der Waals surface area contributed by atoms with Crippen molar-refractivity contribution in [2.75, 3.05) is 5.32 Å². The first kappa shape index (κ1) is 18.7. The van der Waals surface area contributed by atoms with Crippen molar-refractivity contribution >= 4 is 50.2 Å². The Balaban J connectivity index is 1.70. The summed E-state index contributed by atoms with van der Waals surface area (Å²) in [5.74, 6) is 0.201. The van der Waals surface area contributed by atoms with E-state index in [1.165, 1.54) is 0 Å². The van der Waals surface area contributed by atoms with Gasteiger partial charge in [0.25, 0.3) is 5.91 Å². The van der Waals surface area contributed by atoms with E-state index >= 15 is 0 Å². The standard InChI is InChI=1S/C22H16BrClN2O2/c1-12-9-19-20(10-13(12)2)28-22(26-19)16-11-14(7-8-18(16)24)25-21(27)15-5-3-4-6-17(15)23/h3-11H,1-2H3,(H,25,27). The summed E-state index contributed by atoms with van der Waals surface area (Å²) >= 11 is 9.78. The van der Waals surface area contributed by atoms with E-state index in [-0.39, 0.29) is 5.91 Å². The fraction of sp³-hybridized carbons (Fsp3) is 0.0909. The molecule has 1 N–H and O–H groups in total. The van der Waals surface area contributed by atoms with Crippen molar-refractivity contribution in [1.29, 1.82) is 0 Å². The van der Waals surface area contributed by atoms with Crippen LogP contribution in [-0.4, -0.2) is 10.9 Å². The van der Waals surface area contributed by atoms with Gasteiger partial charge in [-0.3, -0.25) is 4.79 Å². The Kier molecular flexibility index (Phi) is 4.96. The predicted molar refractivity (Wildman–Crippen MR) is 116 cm³/mol. The highest BCUT2D eigenvalue weighted by molar-refractivity contribution is 9.10. The van der Waals surface area contributed by atoms with Crippen molar-refractivity contribution in [3.8, 4) is 11.5 Å². The van der Waals surface area contributed by atoms with Crippen LogP contribution in [0.25, 0.3) is 22.6 Å². The largest absolute Gasteiger partial charge is 0.436 e. The van der Waals surface area contributed by atoms with E-state index in [0.29, 0.717) is 33.3 Å². The maximum absolute atomic E-state index is 12.6. The molecule has 0 spiro atoms. The number of carbonyl (C=O) groups excluding carboxylic acids is 1. The van der Waals surface area contributed by atoms with Crippen molar-refractivity contribution in [2.24, 2.45) is 0 Å². The molecule has 0 radical (unpaired) electrons. The molecule has 0 fully saturated rings. The van der Waals surface area contributed by atoms with Crippen LogP contribution in [0.3, 0.4) is 0 Å². The second-order valence-electron chi connectivity index (χ2n) is 6.55. The number of nitrogens with one attached hydrogen (secondary N) is 1. The van der Waals surface area contributed by atoms with Crippen LogP contribution >= 0.6 is 27.5 Å². The van der Waals surface area contributed by atoms with Gasteiger partial charge in [0.1, 0.15) is 5.52 Å². The molecule has 0 aliphatic rings.